The van der Waals surface area contributed by atoms with Gasteiger partial charge in [-0.1, -0.05) is 31.2 Å². The molecule has 1 aromatic carbocycles. The third kappa shape index (κ3) is 3.48. The first-order valence-electron chi connectivity index (χ1n) is 5.03. The first-order valence-corrected chi connectivity index (χ1v) is 5.03. The molecule has 0 amide bonds. The van der Waals surface area contributed by atoms with Gasteiger partial charge >= 0.3 is 0 Å². The molecular formula is C12H19NO. The number of hydrogen-bond acceptors (Lipinski definition) is 2. The van der Waals surface area contributed by atoms with Crippen LogP contribution in [0.5, 0.6) is 0 Å². The smallest absolute Gasteiger partial charge is 0.0713 e. The normalized spacial score (nSPS) is 12.8. The Kier molecular flexibility index (Phi) is 4.63. The zero-order valence-corrected chi connectivity index (χ0v) is 8.99. The predicted octanol–water partition coefficient (Wildman–Crippen LogP) is 1.97. The fourth-order valence-electron chi connectivity index (χ4n) is 1.42. The van der Waals surface area contributed by atoms with E-state index >= 15 is 0 Å². The summed E-state index contributed by atoms with van der Waals surface area (Å²) in [6, 6.07) is 8.53. The molecule has 0 aliphatic heterocycles. The van der Waals surface area contributed by atoms with Crippen molar-refractivity contribution in [2.75, 3.05) is 13.7 Å². The minimum absolute atomic E-state index is 0.559. The van der Waals surface area contributed by atoms with E-state index in [0.717, 1.165) is 13.0 Å². The molecule has 1 aromatic rings. The van der Waals surface area contributed by atoms with E-state index in [1.54, 1.807) is 7.11 Å². The molecule has 0 aliphatic carbocycles. The van der Waals surface area contributed by atoms with Gasteiger partial charge in [-0.15, -0.1) is 0 Å². The second-order valence-electron chi connectivity index (χ2n) is 3.79. The quantitative estimate of drug-likeness (QED) is 0.776. The first kappa shape index (κ1) is 11.2. The molecule has 2 nitrogen and oxygen atoms in total. The molecule has 0 heterocycles. The van der Waals surface area contributed by atoms with Crippen molar-refractivity contribution in [3.05, 3.63) is 35.4 Å². The van der Waals surface area contributed by atoms with Crippen molar-refractivity contribution >= 4 is 0 Å². The number of methoxy groups -OCH3 is 1. The summed E-state index contributed by atoms with van der Waals surface area (Å²) < 4.78 is 5.05. The Morgan fingerprint density at radius 1 is 1.21 bits per heavy atom. The summed E-state index contributed by atoms with van der Waals surface area (Å²) in [5.41, 5.74) is 8.15. The Morgan fingerprint density at radius 2 is 1.79 bits per heavy atom. The molecule has 0 aliphatic rings. The summed E-state index contributed by atoms with van der Waals surface area (Å²) in [4.78, 5) is 0. The van der Waals surface area contributed by atoms with Crippen LogP contribution >= 0.6 is 0 Å². The highest BCUT2D eigenvalue weighted by Crippen LogP contribution is 2.09. The zero-order valence-electron chi connectivity index (χ0n) is 8.99. The van der Waals surface area contributed by atoms with Gasteiger partial charge < -0.3 is 10.5 Å². The van der Waals surface area contributed by atoms with E-state index in [1.165, 1.54) is 11.1 Å². The van der Waals surface area contributed by atoms with Crippen molar-refractivity contribution in [3.63, 3.8) is 0 Å². The number of ether oxygens (including phenoxy) is 1. The Balaban J connectivity index is 2.54. The van der Waals surface area contributed by atoms with E-state index < -0.39 is 0 Å². The molecule has 0 aromatic heterocycles. The Bertz CT molecular complexity index is 256. The van der Waals surface area contributed by atoms with Gasteiger partial charge in [-0.25, -0.2) is 0 Å². The van der Waals surface area contributed by atoms with Crippen molar-refractivity contribution in [1.29, 1.82) is 0 Å². The van der Waals surface area contributed by atoms with Gasteiger partial charge in [0.25, 0.3) is 0 Å². The van der Waals surface area contributed by atoms with Crippen LogP contribution in [0.1, 0.15) is 18.1 Å². The van der Waals surface area contributed by atoms with E-state index in [-0.39, 0.29) is 0 Å². The highest BCUT2D eigenvalue weighted by molar-refractivity contribution is 5.22. The summed E-state index contributed by atoms with van der Waals surface area (Å²) >= 11 is 0. The largest absolute Gasteiger partial charge is 0.380 e. The molecule has 0 spiro atoms. The summed E-state index contributed by atoms with van der Waals surface area (Å²) in [6.45, 7) is 3.61. The van der Waals surface area contributed by atoms with Crippen molar-refractivity contribution in [2.45, 2.75) is 20.0 Å². The summed E-state index contributed by atoms with van der Waals surface area (Å²) in [6.07, 6.45) is 1.06. The van der Waals surface area contributed by atoms with Crippen molar-refractivity contribution in [1.82, 2.24) is 0 Å². The third-order valence-electron chi connectivity index (χ3n) is 2.32. The third-order valence-corrected chi connectivity index (χ3v) is 2.32. The topological polar surface area (TPSA) is 35.2 Å². The lowest BCUT2D eigenvalue weighted by Crippen LogP contribution is -2.13. The summed E-state index contributed by atoms with van der Waals surface area (Å²) in [5.74, 6) is 0.559. The van der Waals surface area contributed by atoms with Crippen molar-refractivity contribution in [3.8, 4) is 0 Å². The Morgan fingerprint density at radius 3 is 2.29 bits per heavy atom. The highest BCUT2D eigenvalue weighted by atomic mass is 16.5. The van der Waals surface area contributed by atoms with Gasteiger partial charge in [-0.05, 0) is 30.0 Å². The molecule has 2 heteroatoms. The maximum atomic E-state index is 5.58. The van der Waals surface area contributed by atoms with Crippen LogP contribution in [0.25, 0.3) is 0 Å². The van der Waals surface area contributed by atoms with Gasteiger partial charge in [0, 0.05) is 7.11 Å². The minimum Gasteiger partial charge on any atom is -0.380 e. The summed E-state index contributed by atoms with van der Waals surface area (Å²) in [5, 5.41) is 0. The van der Waals surface area contributed by atoms with E-state index in [2.05, 4.69) is 31.2 Å². The van der Waals surface area contributed by atoms with Crippen LogP contribution in [-0.2, 0) is 17.8 Å². The van der Waals surface area contributed by atoms with Crippen LogP contribution in [0.2, 0.25) is 0 Å². The Hall–Kier alpha value is -0.860. The van der Waals surface area contributed by atoms with Gasteiger partial charge in [0.15, 0.2) is 0 Å². The fraction of sp³-hybridized carbons (Fsp3) is 0.500. The van der Waals surface area contributed by atoms with Gasteiger partial charge in [-0.3, -0.25) is 0 Å². The van der Waals surface area contributed by atoms with Crippen LogP contribution in [0, 0.1) is 5.92 Å². The van der Waals surface area contributed by atoms with E-state index in [9.17, 15) is 0 Å². The molecule has 0 saturated carbocycles. The van der Waals surface area contributed by atoms with Gasteiger partial charge in [0.2, 0.25) is 0 Å². The lowest BCUT2D eigenvalue weighted by Gasteiger charge is -2.08. The molecule has 0 bridgehead atoms. The average molecular weight is 193 g/mol. The minimum atomic E-state index is 0.559. The highest BCUT2D eigenvalue weighted by Gasteiger charge is 2.00. The van der Waals surface area contributed by atoms with E-state index in [1.807, 2.05) is 0 Å². The molecule has 14 heavy (non-hydrogen) atoms. The number of rotatable bonds is 5. The average Bonchev–Trinajstić information content (AvgIpc) is 2.21. The van der Waals surface area contributed by atoms with Gasteiger partial charge in [0.1, 0.15) is 0 Å². The second kappa shape index (κ2) is 5.78. The Labute approximate surface area is 86.1 Å². The summed E-state index contributed by atoms with van der Waals surface area (Å²) in [7, 11) is 1.71. The molecule has 0 radical (unpaired) electrons. The monoisotopic (exact) mass is 193 g/mol. The molecule has 1 unspecified atom stereocenters. The van der Waals surface area contributed by atoms with Crippen LogP contribution in [0.15, 0.2) is 24.3 Å². The zero-order chi connectivity index (χ0) is 10.4. The molecular weight excluding hydrogens is 174 g/mol. The van der Waals surface area contributed by atoms with Crippen LogP contribution in [0.3, 0.4) is 0 Å². The molecule has 0 saturated heterocycles. The van der Waals surface area contributed by atoms with Gasteiger partial charge in [0.05, 0.1) is 6.61 Å². The van der Waals surface area contributed by atoms with Crippen LogP contribution in [0.4, 0.5) is 0 Å². The van der Waals surface area contributed by atoms with Crippen LogP contribution < -0.4 is 5.73 Å². The molecule has 0 fully saturated rings. The molecule has 2 N–H and O–H groups in total. The first-order chi connectivity index (χ1) is 6.76. The van der Waals surface area contributed by atoms with Crippen LogP contribution in [-0.4, -0.2) is 13.7 Å². The van der Waals surface area contributed by atoms with E-state index in [4.69, 9.17) is 10.5 Å². The predicted molar refractivity (Wildman–Crippen MR) is 59.1 cm³/mol. The lowest BCUT2D eigenvalue weighted by atomic mass is 10.0. The van der Waals surface area contributed by atoms with Crippen molar-refractivity contribution < 1.29 is 4.74 Å². The molecule has 78 valence electrons. The number of nitrogens with two attached hydrogens (primary N) is 1. The van der Waals surface area contributed by atoms with E-state index in [0.29, 0.717) is 12.5 Å². The number of benzene rings is 1. The second-order valence-corrected chi connectivity index (χ2v) is 3.79. The standard InChI is InChI=1S/C12H19NO/c1-10(8-13)7-11-3-5-12(6-4-11)9-14-2/h3-6,10H,7-9,13H2,1-2H3. The molecule has 1 rings (SSSR count). The maximum Gasteiger partial charge on any atom is 0.0713 e. The fourth-order valence-corrected chi connectivity index (χ4v) is 1.42. The SMILES string of the molecule is COCc1ccc(CC(C)CN)cc1. The molecule has 1 atom stereocenters. The van der Waals surface area contributed by atoms with Crippen molar-refractivity contribution in [2.24, 2.45) is 11.7 Å². The number of hydrogen-bond donors (Lipinski definition) is 1. The van der Waals surface area contributed by atoms with Gasteiger partial charge in [-0.2, -0.15) is 0 Å². The maximum absolute atomic E-state index is 5.58. The lowest BCUT2D eigenvalue weighted by molar-refractivity contribution is 0.185.